The molecular formula is C16H11BrFNO2. The summed E-state index contributed by atoms with van der Waals surface area (Å²) in [6, 6.07) is 12.0. The van der Waals surface area contributed by atoms with Gasteiger partial charge in [0.2, 0.25) is 0 Å². The molecule has 0 spiro atoms. The normalized spacial score (nSPS) is 10.8. The number of nitrogens with one attached hydrogen (secondary N) is 1. The van der Waals surface area contributed by atoms with Crippen molar-refractivity contribution >= 4 is 32.8 Å². The molecule has 3 rings (SSSR count). The van der Waals surface area contributed by atoms with E-state index in [1.165, 1.54) is 0 Å². The van der Waals surface area contributed by atoms with Crippen LogP contribution in [0, 0.1) is 5.82 Å². The number of benzene rings is 2. The van der Waals surface area contributed by atoms with Gasteiger partial charge in [0.15, 0.2) is 0 Å². The Balaban J connectivity index is 1.75. The first-order valence-corrected chi connectivity index (χ1v) is 7.11. The number of aromatic amines is 1. The molecular weight excluding hydrogens is 337 g/mol. The van der Waals surface area contributed by atoms with Gasteiger partial charge in [-0.15, -0.1) is 0 Å². The zero-order valence-corrected chi connectivity index (χ0v) is 12.5. The van der Waals surface area contributed by atoms with Crippen LogP contribution in [0.2, 0.25) is 0 Å². The number of carbonyl (C=O) groups is 1. The van der Waals surface area contributed by atoms with E-state index in [1.54, 1.807) is 36.5 Å². The van der Waals surface area contributed by atoms with E-state index in [1.807, 2.05) is 12.1 Å². The molecule has 106 valence electrons. The van der Waals surface area contributed by atoms with Crippen molar-refractivity contribution in [3.63, 3.8) is 0 Å². The Bertz CT molecular complexity index is 813. The van der Waals surface area contributed by atoms with Crippen molar-refractivity contribution in [3.8, 4) is 0 Å². The van der Waals surface area contributed by atoms with E-state index in [4.69, 9.17) is 4.74 Å². The lowest BCUT2D eigenvalue weighted by Crippen LogP contribution is -2.06. The molecule has 0 amide bonds. The van der Waals surface area contributed by atoms with Gasteiger partial charge in [-0.2, -0.15) is 0 Å². The third-order valence-electron chi connectivity index (χ3n) is 3.18. The lowest BCUT2D eigenvalue weighted by molar-refractivity contribution is 0.0469. The molecule has 3 aromatic rings. The molecule has 2 aromatic carbocycles. The van der Waals surface area contributed by atoms with Gasteiger partial charge >= 0.3 is 5.97 Å². The maximum absolute atomic E-state index is 13.8. The Labute approximate surface area is 128 Å². The highest BCUT2D eigenvalue weighted by atomic mass is 79.9. The SMILES string of the molecule is O=C(OCc1cccc(Br)c1F)c1ccc2cc[nH]c2c1. The fourth-order valence-electron chi connectivity index (χ4n) is 2.06. The van der Waals surface area contributed by atoms with Gasteiger partial charge in [0, 0.05) is 17.3 Å². The number of H-pyrrole nitrogens is 1. The lowest BCUT2D eigenvalue weighted by atomic mass is 10.1. The van der Waals surface area contributed by atoms with Gasteiger partial charge in [-0.1, -0.05) is 18.2 Å². The second-order valence-corrected chi connectivity index (χ2v) is 5.42. The Morgan fingerprint density at radius 1 is 1.24 bits per heavy atom. The van der Waals surface area contributed by atoms with E-state index in [0.29, 0.717) is 15.6 Å². The maximum atomic E-state index is 13.8. The predicted octanol–water partition coefficient (Wildman–Crippen LogP) is 4.43. The van der Waals surface area contributed by atoms with Crippen LogP contribution >= 0.6 is 15.9 Å². The van der Waals surface area contributed by atoms with Crippen LogP contribution in [-0.2, 0) is 11.3 Å². The fraction of sp³-hybridized carbons (Fsp3) is 0.0625. The molecule has 0 aliphatic carbocycles. The molecule has 0 aliphatic heterocycles. The third-order valence-corrected chi connectivity index (χ3v) is 3.79. The van der Waals surface area contributed by atoms with Gasteiger partial charge in [-0.3, -0.25) is 0 Å². The molecule has 0 bridgehead atoms. The van der Waals surface area contributed by atoms with Gasteiger partial charge < -0.3 is 9.72 Å². The van der Waals surface area contributed by atoms with Crippen LogP contribution in [0.25, 0.3) is 10.9 Å². The Hall–Kier alpha value is -2.14. The van der Waals surface area contributed by atoms with E-state index >= 15 is 0 Å². The number of hydrogen-bond donors (Lipinski definition) is 1. The summed E-state index contributed by atoms with van der Waals surface area (Å²) in [6.45, 7) is -0.104. The molecule has 0 radical (unpaired) electrons. The van der Waals surface area contributed by atoms with Crippen LogP contribution in [0.4, 0.5) is 4.39 Å². The van der Waals surface area contributed by atoms with Crippen molar-refractivity contribution in [2.75, 3.05) is 0 Å². The van der Waals surface area contributed by atoms with E-state index in [0.717, 1.165) is 10.9 Å². The molecule has 1 heterocycles. The Kier molecular flexibility index (Phi) is 3.75. The number of hydrogen-bond acceptors (Lipinski definition) is 2. The standard InChI is InChI=1S/C16H11BrFNO2/c17-13-3-1-2-12(15(13)18)9-21-16(20)11-5-4-10-6-7-19-14(10)8-11/h1-8,19H,9H2. The minimum atomic E-state index is -0.481. The molecule has 0 aliphatic rings. The first kappa shape index (κ1) is 13.8. The molecule has 21 heavy (non-hydrogen) atoms. The van der Waals surface area contributed by atoms with Crippen molar-refractivity contribution in [2.45, 2.75) is 6.61 Å². The van der Waals surface area contributed by atoms with E-state index in [-0.39, 0.29) is 6.61 Å². The second-order valence-electron chi connectivity index (χ2n) is 4.57. The lowest BCUT2D eigenvalue weighted by Gasteiger charge is -2.07. The monoisotopic (exact) mass is 347 g/mol. The minimum absolute atomic E-state index is 0.104. The summed E-state index contributed by atoms with van der Waals surface area (Å²) in [6.07, 6.45) is 1.80. The number of carbonyl (C=O) groups excluding carboxylic acids is 1. The van der Waals surface area contributed by atoms with Gasteiger partial charge in [0.05, 0.1) is 10.0 Å². The van der Waals surface area contributed by atoms with Crippen molar-refractivity contribution < 1.29 is 13.9 Å². The van der Waals surface area contributed by atoms with Crippen molar-refractivity contribution in [2.24, 2.45) is 0 Å². The molecule has 0 saturated carbocycles. The average molecular weight is 348 g/mol. The van der Waals surface area contributed by atoms with E-state index < -0.39 is 11.8 Å². The Morgan fingerprint density at radius 2 is 2.10 bits per heavy atom. The summed E-state index contributed by atoms with van der Waals surface area (Å²) < 4.78 is 19.3. The highest BCUT2D eigenvalue weighted by Gasteiger charge is 2.11. The van der Waals surface area contributed by atoms with Crippen molar-refractivity contribution in [1.29, 1.82) is 0 Å². The summed E-state index contributed by atoms with van der Waals surface area (Å²) in [7, 11) is 0. The summed E-state index contributed by atoms with van der Waals surface area (Å²) in [5.74, 6) is -0.893. The molecule has 0 fully saturated rings. The first-order valence-electron chi connectivity index (χ1n) is 6.32. The number of fused-ring (bicyclic) bond motifs is 1. The van der Waals surface area contributed by atoms with Crippen LogP contribution in [0.5, 0.6) is 0 Å². The predicted molar refractivity (Wildman–Crippen MR) is 81.5 cm³/mol. The first-order chi connectivity index (χ1) is 10.1. The van der Waals surface area contributed by atoms with Gasteiger partial charge in [-0.25, -0.2) is 9.18 Å². The van der Waals surface area contributed by atoms with Crippen molar-refractivity contribution in [3.05, 3.63) is 70.1 Å². The van der Waals surface area contributed by atoms with Gasteiger partial charge in [-0.05, 0) is 45.6 Å². The molecule has 0 unspecified atom stereocenters. The number of esters is 1. The second kappa shape index (κ2) is 5.69. The smallest absolute Gasteiger partial charge is 0.338 e. The summed E-state index contributed by atoms with van der Waals surface area (Å²) in [5, 5.41) is 1.02. The number of aromatic nitrogens is 1. The molecule has 0 atom stereocenters. The molecule has 0 saturated heterocycles. The van der Waals surface area contributed by atoms with Gasteiger partial charge in [0.25, 0.3) is 0 Å². The zero-order chi connectivity index (χ0) is 14.8. The quantitative estimate of drug-likeness (QED) is 0.712. The molecule has 1 aromatic heterocycles. The maximum Gasteiger partial charge on any atom is 0.338 e. The fourth-order valence-corrected chi connectivity index (χ4v) is 2.47. The summed E-state index contributed by atoms with van der Waals surface area (Å²) in [4.78, 5) is 15.0. The van der Waals surface area contributed by atoms with Crippen LogP contribution in [0.15, 0.2) is 53.1 Å². The minimum Gasteiger partial charge on any atom is -0.457 e. The van der Waals surface area contributed by atoms with Crippen LogP contribution in [0.3, 0.4) is 0 Å². The third kappa shape index (κ3) is 2.83. The summed E-state index contributed by atoms with van der Waals surface area (Å²) >= 11 is 3.10. The van der Waals surface area contributed by atoms with Crippen LogP contribution in [0.1, 0.15) is 15.9 Å². The summed E-state index contributed by atoms with van der Waals surface area (Å²) in [5.41, 5.74) is 1.62. The highest BCUT2D eigenvalue weighted by Crippen LogP contribution is 2.20. The average Bonchev–Trinajstić information content (AvgIpc) is 2.96. The Morgan fingerprint density at radius 3 is 2.95 bits per heavy atom. The van der Waals surface area contributed by atoms with Crippen molar-refractivity contribution in [1.82, 2.24) is 4.98 Å². The number of ether oxygens (including phenoxy) is 1. The molecule has 1 N–H and O–H groups in total. The number of halogens is 2. The molecule has 3 nitrogen and oxygen atoms in total. The topological polar surface area (TPSA) is 42.1 Å². The molecule has 5 heteroatoms. The number of rotatable bonds is 3. The van der Waals surface area contributed by atoms with Crippen LogP contribution < -0.4 is 0 Å². The largest absolute Gasteiger partial charge is 0.457 e. The zero-order valence-electron chi connectivity index (χ0n) is 10.9. The van der Waals surface area contributed by atoms with Gasteiger partial charge in [0.1, 0.15) is 12.4 Å². The van der Waals surface area contributed by atoms with E-state index in [9.17, 15) is 9.18 Å². The van der Waals surface area contributed by atoms with Crippen LogP contribution in [-0.4, -0.2) is 11.0 Å². The van der Waals surface area contributed by atoms with E-state index in [2.05, 4.69) is 20.9 Å². The highest BCUT2D eigenvalue weighted by molar-refractivity contribution is 9.10.